The van der Waals surface area contributed by atoms with Crippen molar-refractivity contribution in [2.75, 3.05) is 17.2 Å². The van der Waals surface area contributed by atoms with Gasteiger partial charge in [-0.15, -0.1) is 0 Å². The van der Waals surface area contributed by atoms with Crippen molar-refractivity contribution < 1.29 is 17.9 Å². The van der Waals surface area contributed by atoms with Crippen LogP contribution in [0.15, 0.2) is 52.5 Å². The molecule has 0 saturated carbocycles. The van der Waals surface area contributed by atoms with E-state index in [9.17, 15) is 13.5 Å². The third-order valence-electron chi connectivity index (χ3n) is 5.41. The average molecular weight is 501 g/mol. The molecule has 3 heterocycles. The number of anilines is 2. The summed E-state index contributed by atoms with van der Waals surface area (Å²) < 4.78 is 29.8. The number of hydrogen-bond acceptors (Lipinski definition) is 10. The number of aryl methyl sites for hydroxylation is 2. The van der Waals surface area contributed by atoms with Crippen molar-refractivity contribution in [3.8, 4) is 0 Å². The van der Waals surface area contributed by atoms with Gasteiger partial charge in [-0.25, -0.2) is 23.5 Å². The molecule has 0 fully saturated rings. The number of primary sulfonamides is 1. The number of aromatic nitrogens is 5. The van der Waals surface area contributed by atoms with Gasteiger partial charge >= 0.3 is 5.22 Å². The maximum atomic E-state index is 11.3. The number of hydrogen-bond donors (Lipinski definition) is 4. The molecule has 13 heteroatoms. The Bertz CT molecular complexity index is 1370. The summed E-state index contributed by atoms with van der Waals surface area (Å²) in [5.74, 6) is 1.40. The third kappa shape index (κ3) is 6.12. The summed E-state index contributed by atoms with van der Waals surface area (Å²) in [6, 6.07) is 9.78. The van der Waals surface area contributed by atoms with E-state index >= 15 is 0 Å². The number of oxazole rings is 1. The lowest BCUT2D eigenvalue weighted by Crippen LogP contribution is -2.24. The largest absolute Gasteiger partial charge is 0.432 e. The maximum Gasteiger partial charge on any atom is 0.330 e. The predicted molar refractivity (Wildman–Crippen MR) is 130 cm³/mol. The molecule has 5 N–H and O–H groups in total. The number of aliphatic hydroxyl groups excluding tert-OH is 1. The predicted octanol–water partition coefficient (Wildman–Crippen LogP) is 1.89. The molecule has 3 aromatic heterocycles. The van der Waals surface area contributed by atoms with Crippen molar-refractivity contribution in [3.63, 3.8) is 0 Å². The molecule has 0 aliphatic heterocycles. The number of fused-ring (bicyclic) bond motifs is 1. The van der Waals surface area contributed by atoms with Crippen LogP contribution in [-0.4, -0.2) is 50.7 Å². The highest BCUT2D eigenvalue weighted by molar-refractivity contribution is 7.88. The van der Waals surface area contributed by atoms with E-state index in [0.717, 1.165) is 5.56 Å². The third-order valence-corrected chi connectivity index (χ3v) is 6.09. The standard InChI is InChI=1S/C22H28N8O4S/c1-2-16(13-31)27-21-28-19(24-11-15-7-4-3-5-8-15)18-20(29-21)30(14-26-18)10-6-9-17-12-25-22(34-17)35(23,32)33/h3-5,7-8,12,14,16,31H,2,6,9-11,13H2,1H3,(H2,23,32,33)(H2,24,27,28,29)/t16-/m1/s1. The van der Waals surface area contributed by atoms with E-state index < -0.39 is 15.2 Å². The first-order valence-electron chi connectivity index (χ1n) is 11.2. The summed E-state index contributed by atoms with van der Waals surface area (Å²) in [4.78, 5) is 17.5. The Morgan fingerprint density at radius 1 is 1.20 bits per heavy atom. The molecule has 0 amide bonds. The summed E-state index contributed by atoms with van der Waals surface area (Å²) in [7, 11) is -3.97. The molecular formula is C22H28N8O4S. The van der Waals surface area contributed by atoms with Crippen molar-refractivity contribution in [2.24, 2.45) is 5.14 Å². The minimum Gasteiger partial charge on any atom is -0.432 e. The van der Waals surface area contributed by atoms with E-state index in [1.54, 1.807) is 6.33 Å². The first-order chi connectivity index (χ1) is 16.9. The molecule has 0 radical (unpaired) electrons. The van der Waals surface area contributed by atoms with E-state index in [1.165, 1.54) is 6.20 Å². The van der Waals surface area contributed by atoms with Crippen molar-refractivity contribution in [1.29, 1.82) is 0 Å². The normalized spacial score (nSPS) is 12.7. The van der Waals surface area contributed by atoms with Crippen LogP contribution in [-0.2, 0) is 29.5 Å². The lowest BCUT2D eigenvalue weighted by molar-refractivity contribution is 0.271. The fourth-order valence-corrected chi connectivity index (χ4v) is 3.92. The van der Waals surface area contributed by atoms with Crippen LogP contribution in [0.4, 0.5) is 11.8 Å². The van der Waals surface area contributed by atoms with Crippen molar-refractivity contribution in [2.45, 2.75) is 50.5 Å². The number of nitrogens with two attached hydrogens (primary N) is 1. The lowest BCUT2D eigenvalue weighted by atomic mass is 10.2. The maximum absolute atomic E-state index is 11.3. The zero-order valence-corrected chi connectivity index (χ0v) is 20.1. The minimum atomic E-state index is -3.97. The van der Waals surface area contributed by atoms with Crippen LogP contribution in [0, 0.1) is 0 Å². The van der Waals surface area contributed by atoms with Crippen molar-refractivity contribution in [1.82, 2.24) is 24.5 Å². The van der Waals surface area contributed by atoms with Gasteiger partial charge in [-0.2, -0.15) is 9.97 Å². The van der Waals surface area contributed by atoms with E-state index in [4.69, 9.17) is 9.56 Å². The minimum absolute atomic E-state index is 0.0401. The van der Waals surface area contributed by atoms with Gasteiger partial charge in [-0.3, -0.25) is 0 Å². The van der Waals surface area contributed by atoms with Gasteiger partial charge in [0.15, 0.2) is 17.0 Å². The van der Waals surface area contributed by atoms with Gasteiger partial charge in [0, 0.05) is 19.5 Å². The SMILES string of the molecule is CC[C@H](CO)Nc1nc(NCc2ccccc2)c2ncn(CCCc3cnc(S(N)(=O)=O)o3)c2n1. The zero-order chi connectivity index (χ0) is 24.8. The number of nitrogens with zero attached hydrogens (tertiary/aromatic N) is 5. The first kappa shape index (κ1) is 24.6. The highest BCUT2D eigenvalue weighted by Crippen LogP contribution is 2.23. The summed E-state index contributed by atoms with van der Waals surface area (Å²) >= 11 is 0. The molecule has 1 aromatic carbocycles. The Morgan fingerprint density at radius 3 is 2.69 bits per heavy atom. The molecule has 4 aromatic rings. The van der Waals surface area contributed by atoms with Crippen LogP contribution in [0.25, 0.3) is 11.2 Å². The molecule has 0 bridgehead atoms. The molecular weight excluding hydrogens is 472 g/mol. The smallest absolute Gasteiger partial charge is 0.330 e. The van der Waals surface area contributed by atoms with Crippen molar-refractivity contribution >= 4 is 33.0 Å². The fraction of sp³-hybridized carbons (Fsp3) is 0.364. The Kier molecular flexibility index (Phi) is 7.58. The highest BCUT2D eigenvalue weighted by atomic mass is 32.2. The molecule has 1 atom stereocenters. The van der Waals surface area contributed by atoms with Crippen LogP contribution in [0.3, 0.4) is 0 Å². The molecule has 186 valence electrons. The van der Waals surface area contributed by atoms with E-state index in [1.807, 2.05) is 41.8 Å². The Hall–Kier alpha value is -3.55. The molecule has 12 nitrogen and oxygen atoms in total. The Balaban J connectivity index is 1.54. The molecule has 0 spiro atoms. The number of aliphatic hydroxyl groups is 1. The van der Waals surface area contributed by atoms with E-state index in [0.29, 0.717) is 61.0 Å². The topological polar surface area (TPSA) is 174 Å². The van der Waals surface area contributed by atoms with Gasteiger partial charge in [-0.05, 0) is 18.4 Å². The van der Waals surface area contributed by atoms with Crippen LogP contribution >= 0.6 is 0 Å². The molecule has 35 heavy (non-hydrogen) atoms. The lowest BCUT2D eigenvalue weighted by Gasteiger charge is -2.15. The van der Waals surface area contributed by atoms with Gasteiger partial charge in [0.05, 0.1) is 25.2 Å². The zero-order valence-electron chi connectivity index (χ0n) is 19.3. The Labute approximate surface area is 202 Å². The molecule has 0 aliphatic rings. The van der Waals surface area contributed by atoms with E-state index in [2.05, 4.69) is 30.6 Å². The van der Waals surface area contributed by atoms with Gasteiger partial charge in [-0.1, -0.05) is 37.3 Å². The van der Waals surface area contributed by atoms with Crippen LogP contribution in [0.1, 0.15) is 31.1 Å². The number of imidazole rings is 1. The number of rotatable bonds is 12. The monoisotopic (exact) mass is 500 g/mol. The number of benzene rings is 1. The molecule has 0 aliphatic carbocycles. The van der Waals surface area contributed by atoms with E-state index in [-0.39, 0.29) is 12.6 Å². The number of nitrogens with one attached hydrogen (secondary N) is 2. The van der Waals surface area contributed by atoms with Crippen LogP contribution < -0.4 is 15.8 Å². The average Bonchev–Trinajstić information content (AvgIpc) is 3.49. The van der Waals surface area contributed by atoms with Gasteiger partial charge in [0.25, 0.3) is 10.0 Å². The summed E-state index contributed by atoms with van der Waals surface area (Å²) in [5, 5.41) is 20.7. The van der Waals surface area contributed by atoms with Crippen molar-refractivity contribution in [3.05, 3.63) is 54.2 Å². The second-order valence-electron chi connectivity index (χ2n) is 8.02. The van der Waals surface area contributed by atoms with Crippen LogP contribution in [0.5, 0.6) is 0 Å². The van der Waals surface area contributed by atoms with Crippen LogP contribution in [0.2, 0.25) is 0 Å². The highest BCUT2D eigenvalue weighted by Gasteiger charge is 2.17. The first-order valence-corrected chi connectivity index (χ1v) is 12.8. The van der Waals surface area contributed by atoms with Gasteiger partial charge in [0.2, 0.25) is 5.95 Å². The fourth-order valence-electron chi connectivity index (χ4n) is 3.50. The molecule has 0 saturated heterocycles. The second kappa shape index (κ2) is 10.8. The van der Waals surface area contributed by atoms with Gasteiger partial charge < -0.3 is 24.7 Å². The summed E-state index contributed by atoms with van der Waals surface area (Å²) in [5.41, 5.74) is 2.36. The quantitative estimate of drug-likeness (QED) is 0.225. The number of sulfonamides is 1. The molecule has 0 unspecified atom stereocenters. The Morgan fingerprint density at radius 2 is 2.00 bits per heavy atom. The summed E-state index contributed by atoms with van der Waals surface area (Å²) in [6.07, 6.45) is 4.84. The van der Waals surface area contributed by atoms with Gasteiger partial charge in [0.1, 0.15) is 5.76 Å². The molecule has 4 rings (SSSR count). The summed E-state index contributed by atoms with van der Waals surface area (Å²) in [6.45, 7) is 3.04. The second-order valence-corrected chi connectivity index (χ2v) is 9.46.